The Morgan fingerprint density at radius 3 is 2.62 bits per heavy atom. The van der Waals surface area contributed by atoms with Crippen LogP contribution in [-0.2, 0) is 6.61 Å². The third-order valence-corrected chi connectivity index (χ3v) is 3.47. The van der Waals surface area contributed by atoms with E-state index in [2.05, 4.69) is 4.98 Å². The first-order chi connectivity index (χ1) is 10.2. The van der Waals surface area contributed by atoms with E-state index in [1.807, 2.05) is 60.8 Å². The molecule has 0 radical (unpaired) electrons. The van der Waals surface area contributed by atoms with Gasteiger partial charge in [0, 0.05) is 11.8 Å². The van der Waals surface area contributed by atoms with Gasteiger partial charge >= 0.3 is 0 Å². The molecule has 0 spiro atoms. The minimum atomic E-state index is -0.0488. The third kappa shape index (κ3) is 2.50. The van der Waals surface area contributed by atoms with Crippen molar-refractivity contribution in [3.63, 3.8) is 0 Å². The standard InChI is InChI=1S/C17H18N2O2/c1-3-21-14-6-4-13(5-7-14)17-15(11-20)19-9-8-12(2)10-16(19)18-17/h4-10,20H,3,11H2,1-2H3. The maximum absolute atomic E-state index is 9.69. The molecule has 108 valence electrons. The summed E-state index contributed by atoms with van der Waals surface area (Å²) in [5.74, 6) is 0.839. The lowest BCUT2D eigenvalue weighted by atomic mass is 10.1. The van der Waals surface area contributed by atoms with E-state index < -0.39 is 0 Å². The number of imidazole rings is 1. The van der Waals surface area contributed by atoms with Crippen LogP contribution in [0.1, 0.15) is 18.2 Å². The highest BCUT2D eigenvalue weighted by molar-refractivity contribution is 5.67. The summed E-state index contributed by atoms with van der Waals surface area (Å²) in [7, 11) is 0. The second-order valence-electron chi connectivity index (χ2n) is 4.95. The van der Waals surface area contributed by atoms with E-state index in [9.17, 15) is 5.11 Å². The van der Waals surface area contributed by atoms with Crippen LogP contribution in [0.4, 0.5) is 0 Å². The Balaban J connectivity index is 2.10. The van der Waals surface area contributed by atoms with Gasteiger partial charge in [-0.3, -0.25) is 0 Å². The molecular formula is C17H18N2O2. The molecule has 4 nitrogen and oxygen atoms in total. The number of hydrogen-bond acceptors (Lipinski definition) is 3. The van der Waals surface area contributed by atoms with Crippen molar-refractivity contribution in [3.8, 4) is 17.0 Å². The molecule has 2 heterocycles. The summed E-state index contributed by atoms with van der Waals surface area (Å²) < 4.78 is 7.38. The van der Waals surface area contributed by atoms with E-state index >= 15 is 0 Å². The lowest BCUT2D eigenvalue weighted by Crippen LogP contribution is -1.94. The second kappa shape index (κ2) is 5.58. The van der Waals surface area contributed by atoms with Gasteiger partial charge in [-0.2, -0.15) is 0 Å². The van der Waals surface area contributed by atoms with Crippen LogP contribution < -0.4 is 4.74 Å². The summed E-state index contributed by atoms with van der Waals surface area (Å²) in [6.45, 7) is 4.59. The monoisotopic (exact) mass is 282 g/mol. The predicted octanol–water partition coefficient (Wildman–Crippen LogP) is 3.20. The van der Waals surface area contributed by atoms with Crippen molar-refractivity contribution in [1.29, 1.82) is 0 Å². The third-order valence-electron chi connectivity index (χ3n) is 3.47. The zero-order chi connectivity index (χ0) is 14.8. The van der Waals surface area contributed by atoms with Crippen molar-refractivity contribution in [1.82, 2.24) is 9.38 Å². The highest BCUT2D eigenvalue weighted by Gasteiger charge is 2.13. The summed E-state index contributed by atoms with van der Waals surface area (Å²) in [6, 6.07) is 11.8. The molecule has 0 aliphatic heterocycles. The summed E-state index contributed by atoms with van der Waals surface area (Å²) in [6.07, 6.45) is 1.95. The first-order valence-electron chi connectivity index (χ1n) is 7.04. The number of hydrogen-bond donors (Lipinski definition) is 1. The molecule has 2 aromatic heterocycles. The molecular weight excluding hydrogens is 264 g/mol. The van der Waals surface area contributed by atoms with Crippen molar-refractivity contribution in [2.75, 3.05) is 6.61 Å². The number of aryl methyl sites for hydroxylation is 1. The van der Waals surface area contributed by atoms with E-state index in [0.29, 0.717) is 6.61 Å². The molecule has 21 heavy (non-hydrogen) atoms. The molecule has 1 aromatic carbocycles. The average molecular weight is 282 g/mol. The molecule has 3 rings (SSSR count). The van der Waals surface area contributed by atoms with Crippen LogP contribution in [0.2, 0.25) is 0 Å². The number of rotatable bonds is 4. The maximum atomic E-state index is 9.69. The van der Waals surface area contributed by atoms with Gasteiger partial charge in [-0.05, 0) is 55.8 Å². The van der Waals surface area contributed by atoms with Crippen LogP contribution in [-0.4, -0.2) is 21.1 Å². The Bertz CT molecular complexity index is 760. The Hall–Kier alpha value is -2.33. The number of nitrogens with zero attached hydrogens (tertiary/aromatic N) is 2. The second-order valence-corrected chi connectivity index (χ2v) is 4.95. The first-order valence-corrected chi connectivity index (χ1v) is 7.04. The average Bonchev–Trinajstić information content (AvgIpc) is 2.85. The van der Waals surface area contributed by atoms with Gasteiger partial charge in [0.05, 0.1) is 24.6 Å². The summed E-state index contributed by atoms with van der Waals surface area (Å²) in [5, 5.41) is 9.69. The Morgan fingerprint density at radius 2 is 1.95 bits per heavy atom. The van der Waals surface area contributed by atoms with E-state index in [1.54, 1.807) is 0 Å². The van der Waals surface area contributed by atoms with E-state index in [-0.39, 0.29) is 6.61 Å². The van der Waals surface area contributed by atoms with Crippen LogP contribution in [0.5, 0.6) is 5.75 Å². The van der Waals surface area contributed by atoms with Crippen molar-refractivity contribution < 1.29 is 9.84 Å². The Kier molecular flexibility index (Phi) is 3.62. The molecule has 0 aliphatic carbocycles. The maximum Gasteiger partial charge on any atom is 0.138 e. The number of aliphatic hydroxyl groups is 1. The highest BCUT2D eigenvalue weighted by atomic mass is 16.5. The zero-order valence-electron chi connectivity index (χ0n) is 12.2. The quantitative estimate of drug-likeness (QED) is 0.799. The van der Waals surface area contributed by atoms with Gasteiger partial charge < -0.3 is 14.2 Å². The Morgan fingerprint density at radius 1 is 1.19 bits per heavy atom. The number of fused-ring (bicyclic) bond motifs is 1. The smallest absolute Gasteiger partial charge is 0.138 e. The number of ether oxygens (including phenoxy) is 1. The number of pyridine rings is 1. The Labute approximate surface area is 123 Å². The van der Waals surface area contributed by atoms with Gasteiger partial charge in [0.15, 0.2) is 0 Å². The minimum absolute atomic E-state index is 0.0488. The molecule has 3 aromatic rings. The van der Waals surface area contributed by atoms with Gasteiger partial charge in [-0.1, -0.05) is 0 Å². The molecule has 0 unspecified atom stereocenters. The van der Waals surface area contributed by atoms with Gasteiger partial charge in [0.1, 0.15) is 11.4 Å². The van der Waals surface area contributed by atoms with Crippen LogP contribution in [0, 0.1) is 6.92 Å². The first kappa shape index (κ1) is 13.6. The van der Waals surface area contributed by atoms with Crippen molar-refractivity contribution in [3.05, 3.63) is 53.9 Å². The summed E-state index contributed by atoms with van der Waals surface area (Å²) in [5.41, 5.74) is 4.59. The van der Waals surface area contributed by atoms with Crippen LogP contribution in [0.25, 0.3) is 16.9 Å². The molecule has 0 amide bonds. The molecule has 1 N–H and O–H groups in total. The van der Waals surface area contributed by atoms with Crippen LogP contribution in [0.3, 0.4) is 0 Å². The summed E-state index contributed by atoms with van der Waals surface area (Å²) in [4.78, 5) is 4.65. The lowest BCUT2D eigenvalue weighted by molar-refractivity contribution is 0.276. The fourth-order valence-electron chi connectivity index (χ4n) is 2.46. The largest absolute Gasteiger partial charge is 0.494 e. The molecule has 0 atom stereocenters. The minimum Gasteiger partial charge on any atom is -0.494 e. The van der Waals surface area contributed by atoms with E-state index in [0.717, 1.165) is 33.9 Å². The molecule has 0 bridgehead atoms. The van der Waals surface area contributed by atoms with Crippen molar-refractivity contribution in [2.45, 2.75) is 20.5 Å². The fourth-order valence-corrected chi connectivity index (χ4v) is 2.46. The fraction of sp³-hybridized carbons (Fsp3) is 0.235. The highest BCUT2D eigenvalue weighted by Crippen LogP contribution is 2.26. The number of aliphatic hydroxyl groups excluding tert-OH is 1. The number of benzene rings is 1. The SMILES string of the molecule is CCOc1ccc(-c2nc3cc(C)ccn3c2CO)cc1. The van der Waals surface area contributed by atoms with Crippen molar-refractivity contribution in [2.24, 2.45) is 0 Å². The lowest BCUT2D eigenvalue weighted by Gasteiger charge is -2.05. The van der Waals surface area contributed by atoms with Crippen LogP contribution in [0.15, 0.2) is 42.6 Å². The normalized spacial score (nSPS) is 11.0. The molecule has 0 fully saturated rings. The number of aromatic nitrogens is 2. The van der Waals surface area contributed by atoms with Gasteiger partial charge in [0.25, 0.3) is 0 Å². The molecule has 0 saturated carbocycles. The van der Waals surface area contributed by atoms with E-state index in [1.165, 1.54) is 0 Å². The summed E-state index contributed by atoms with van der Waals surface area (Å²) >= 11 is 0. The molecule has 0 saturated heterocycles. The molecule has 0 aliphatic rings. The zero-order valence-corrected chi connectivity index (χ0v) is 12.2. The van der Waals surface area contributed by atoms with Crippen molar-refractivity contribution >= 4 is 5.65 Å². The molecule has 4 heteroatoms. The van der Waals surface area contributed by atoms with E-state index in [4.69, 9.17) is 4.74 Å². The van der Waals surface area contributed by atoms with Gasteiger partial charge in [0.2, 0.25) is 0 Å². The van der Waals surface area contributed by atoms with Gasteiger partial charge in [-0.25, -0.2) is 4.98 Å². The van der Waals surface area contributed by atoms with Crippen LogP contribution >= 0.6 is 0 Å². The predicted molar refractivity (Wildman–Crippen MR) is 82.5 cm³/mol. The van der Waals surface area contributed by atoms with Gasteiger partial charge in [-0.15, -0.1) is 0 Å². The topological polar surface area (TPSA) is 46.8 Å².